The van der Waals surface area contributed by atoms with Crippen molar-refractivity contribution >= 4 is 0 Å². The van der Waals surface area contributed by atoms with Crippen molar-refractivity contribution in [2.75, 3.05) is 19.8 Å². The lowest BCUT2D eigenvalue weighted by atomic mass is 10.1. The molecule has 1 aromatic carbocycles. The summed E-state index contributed by atoms with van der Waals surface area (Å²) >= 11 is 0. The number of hydrogen-bond acceptors (Lipinski definition) is 2. The first-order valence-electron chi connectivity index (χ1n) is 5.77. The minimum Gasteiger partial charge on any atom is -0.370 e. The molecule has 1 N–H and O–H groups in total. The largest absolute Gasteiger partial charge is 0.411 e. The molecule has 8 heteroatoms. The smallest absolute Gasteiger partial charge is 0.370 e. The molecule has 0 radical (unpaired) electrons. The van der Waals surface area contributed by atoms with Crippen molar-refractivity contribution in [3.63, 3.8) is 0 Å². The van der Waals surface area contributed by atoms with Crippen LogP contribution in [0.4, 0.5) is 26.3 Å². The molecular formula is C12H13F6NO. The molecule has 0 spiro atoms. The summed E-state index contributed by atoms with van der Waals surface area (Å²) < 4.78 is 79.7. The molecule has 0 aliphatic carbocycles. The molecule has 0 aliphatic heterocycles. The van der Waals surface area contributed by atoms with E-state index in [2.05, 4.69) is 10.1 Å². The summed E-state index contributed by atoms with van der Waals surface area (Å²) in [5.41, 5.74) is -0.284. The van der Waals surface area contributed by atoms with Gasteiger partial charge in [0.2, 0.25) is 0 Å². The second kappa shape index (κ2) is 6.94. The van der Waals surface area contributed by atoms with E-state index >= 15 is 0 Å². The second-order valence-corrected chi connectivity index (χ2v) is 4.03. The Kier molecular flexibility index (Phi) is 5.82. The van der Waals surface area contributed by atoms with E-state index in [1.807, 2.05) is 0 Å². The van der Waals surface area contributed by atoms with Crippen LogP contribution < -0.4 is 5.32 Å². The fraction of sp³-hybridized carbons (Fsp3) is 0.500. The minimum absolute atomic E-state index is 0.284. The summed E-state index contributed by atoms with van der Waals surface area (Å²) in [5.74, 6) is -3.69. The monoisotopic (exact) mass is 301 g/mol. The van der Waals surface area contributed by atoms with Gasteiger partial charge in [0.05, 0.1) is 12.6 Å². The van der Waals surface area contributed by atoms with Crippen LogP contribution in [-0.4, -0.2) is 25.9 Å². The van der Waals surface area contributed by atoms with Crippen molar-refractivity contribution in [2.24, 2.45) is 0 Å². The molecule has 2 nitrogen and oxygen atoms in total. The molecule has 114 valence electrons. The standard InChI is InChI=1S/C12H13F6NO/c1-2-19-11(5-20-6-12(16,17)18)7-3-9(14)10(15)4-8(7)13/h3-4,11,19H,2,5-6H2,1H3. The van der Waals surface area contributed by atoms with Crippen LogP contribution in [-0.2, 0) is 4.74 Å². The van der Waals surface area contributed by atoms with Crippen molar-refractivity contribution in [2.45, 2.75) is 19.1 Å². The zero-order valence-electron chi connectivity index (χ0n) is 10.5. The van der Waals surface area contributed by atoms with Gasteiger partial charge in [-0.2, -0.15) is 13.2 Å². The Morgan fingerprint density at radius 2 is 1.70 bits per heavy atom. The van der Waals surface area contributed by atoms with Crippen molar-refractivity contribution in [1.29, 1.82) is 0 Å². The summed E-state index contributed by atoms with van der Waals surface area (Å²) in [5, 5.41) is 2.65. The Labute approximate surface area is 111 Å². The molecule has 0 aromatic heterocycles. The predicted octanol–water partition coefficient (Wildman–Crippen LogP) is 3.33. The Morgan fingerprint density at radius 3 is 2.25 bits per heavy atom. The number of rotatable bonds is 6. The third kappa shape index (κ3) is 5.01. The lowest BCUT2D eigenvalue weighted by Gasteiger charge is -2.19. The van der Waals surface area contributed by atoms with E-state index < -0.39 is 42.9 Å². The van der Waals surface area contributed by atoms with Gasteiger partial charge in [-0.3, -0.25) is 0 Å². The van der Waals surface area contributed by atoms with Gasteiger partial charge in [0.15, 0.2) is 11.6 Å². The van der Waals surface area contributed by atoms with Gasteiger partial charge < -0.3 is 10.1 Å². The molecule has 0 saturated heterocycles. The van der Waals surface area contributed by atoms with Crippen LogP contribution >= 0.6 is 0 Å². The zero-order chi connectivity index (χ0) is 15.3. The van der Waals surface area contributed by atoms with E-state index in [1.165, 1.54) is 0 Å². The van der Waals surface area contributed by atoms with Crippen LogP contribution in [0.1, 0.15) is 18.5 Å². The van der Waals surface area contributed by atoms with E-state index in [-0.39, 0.29) is 5.56 Å². The van der Waals surface area contributed by atoms with Crippen molar-refractivity contribution in [1.82, 2.24) is 5.32 Å². The van der Waals surface area contributed by atoms with Crippen molar-refractivity contribution in [3.05, 3.63) is 35.1 Å². The highest BCUT2D eigenvalue weighted by atomic mass is 19.4. The van der Waals surface area contributed by atoms with E-state index in [4.69, 9.17) is 0 Å². The van der Waals surface area contributed by atoms with Gasteiger partial charge in [-0.1, -0.05) is 6.92 Å². The maximum atomic E-state index is 13.5. The van der Waals surface area contributed by atoms with E-state index in [0.717, 1.165) is 0 Å². The highest BCUT2D eigenvalue weighted by molar-refractivity contribution is 5.23. The third-order valence-electron chi connectivity index (χ3n) is 2.42. The SMILES string of the molecule is CCNC(COCC(F)(F)F)c1cc(F)c(F)cc1F. The van der Waals surface area contributed by atoms with Gasteiger partial charge in [0, 0.05) is 11.6 Å². The van der Waals surface area contributed by atoms with E-state index in [0.29, 0.717) is 18.7 Å². The summed E-state index contributed by atoms with van der Waals surface area (Å²) in [6, 6.07) is -0.0503. The van der Waals surface area contributed by atoms with Gasteiger partial charge >= 0.3 is 6.18 Å². The quantitative estimate of drug-likeness (QED) is 0.643. The molecule has 0 bridgehead atoms. The van der Waals surface area contributed by atoms with Gasteiger partial charge in [-0.05, 0) is 12.6 Å². The lowest BCUT2D eigenvalue weighted by Crippen LogP contribution is -2.28. The molecule has 1 atom stereocenters. The van der Waals surface area contributed by atoms with Crippen molar-refractivity contribution in [3.8, 4) is 0 Å². The average molecular weight is 301 g/mol. The average Bonchev–Trinajstić information content (AvgIpc) is 2.31. The molecule has 0 saturated carbocycles. The number of ether oxygens (including phenoxy) is 1. The number of benzene rings is 1. The van der Waals surface area contributed by atoms with Gasteiger partial charge in [0.25, 0.3) is 0 Å². The van der Waals surface area contributed by atoms with Gasteiger partial charge in [0.1, 0.15) is 12.4 Å². The number of nitrogens with one attached hydrogen (secondary N) is 1. The molecule has 0 amide bonds. The highest BCUT2D eigenvalue weighted by Crippen LogP contribution is 2.22. The Hall–Kier alpha value is -1.28. The normalized spacial score (nSPS) is 13.6. The molecule has 1 aromatic rings. The van der Waals surface area contributed by atoms with Crippen LogP contribution in [0, 0.1) is 17.5 Å². The molecule has 1 unspecified atom stereocenters. The Morgan fingerprint density at radius 1 is 1.10 bits per heavy atom. The maximum absolute atomic E-state index is 13.5. The first-order chi connectivity index (χ1) is 9.24. The Bertz CT molecular complexity index is 448. The Balaban J connectivity index is 2.83. The summed E-state index contributed by atoms with van der Waals surface area (Å²) in [6.07, 6.45) is -4.51. The van der Waals surface area contributed by atoms with Crippen LogP contribution in [0.5, 0.6) is 0 Å². The van der Waals surface area contributed by atoms with Crippen LogP contribution in [0.25, 0.3) is 0 Å². The molecular weight excluding hydrogens is 288 g/mol. The highest BCUT2D eigenvalue weighted by Gasteiger charge is 2.28. The fourth-order valence-electron chi connectivity index (χ4n) is 1.60. The molecule has 0 aliphatic rings. The van der Waals surface area contributed by atoms with Crippen LogP contribution in [0.2, 0.25) is 0 Å². The first-order valence-corrected chi connectivity index (χ1v) is 5.77. The third-order valence-corrected chi connectivity index (χ3v) is 2.42. The van der Waals surface area contributed by atoms with Gasteiger partial charge in [-0.15, -0.1) is 0 Å². The zero-order valence-corrected chi connectivity index (χ0v) is 10.5. The van der Waals surface area contributed by atoms with Gasteiger partial charge in [-0.25, -0.2) is 13.2 Å². The maximum Gasteiger partial charge on any atom is 0.411 e. The second-order valence-electron chi connectivity index (χ2n) is 4.03. The molecule has 0 heterocycles. The van der Waals surface area contributed by atoms with Crippen molar-refractivity contribution < 1.29 is 31.1 Å². The number of hydrogen-bond donors (Lipinski definition) is 1. The van der Waals surface area contributed by atoms with E-state index in [1.54, 1.807) is 6.92 Å². The number of halogens is 6. The minimum atomic E-state index is -4.51. The first kappa shape index (κ1) is 16.8. The lowest BCUT2D eigenvalue weighted by molar-refractivity contribution is -0.175. The molecule has 20 heavy (non-hydrogen) atoms. The fourth-order valence-corrected chi connectivity index (χ4v) is 1.60. The summed E-state index contributed by atoms with van der Waals surface area (Å²) in [4.78, 5) is 0. The van der Waals surface area contributed by atoms with E-state index in [9.17, 15) is 26.3 Å². The topological polar surface area (TPSA) is 21.3 Å². The summed E-state index contributed by atoms with van der Waals surface area (Å²) in [7, 11) is 0. The number of alkyl halides is 3. The molecule has 0 fully saturated rings. The van der Waals surface area contributed by atoms with Crippen LogP contribution in [0.15, 0.2) is 12.1 Å². The van der Waals surface area contributed by atoms with Crippen LogP contribution in [0.3, 0.4) is 0 Å². The molecule has 1 rings (SSSR count). The predicted molar refractivity (Wildman–Crippen MR) is 59.6 cm³/mol. The number of likely N-dealkylation sites (N-methyl/N-ethyl adjacent to an activating group) is 1. The summed E-state index contributed by atoms with van der Waals surface area (Å²) in [6.45, 7) is -0.0947.